The number of aryl methyl sites for hydroxylation is 1. The standard InChI is InChI=1S/C20H17N3O3S2/c1-12-5-7-14(8-6-12)19-23-22-18(26-19)13(2)25-17(24)10-15-11-28-20(21-15)16-4-3-9-27-16/h3-9,11,13H,10H2,1-2H3. The molecule has 0 radical (unpaired) electrons. The van der Waals surface area contributed by atoms with Crippen LogP contribution in [-0.4, -0.2) is 21.2 Å². The number of thiazole rings is 1. The van der Waals surface area contributed by atoms with Crippen molar-refractivity contribution in [1.82, 2.24) is 15.2 Å². The highest BCUT2D eigenvalue weighted by atomic mass is 32.1. The Kier molecular flexibility index (Phi) is 5.31. The second-order valence-electron chi connectivity index (χ2n) is 6.24. The zero-order chi connectivity index (χ0) is 19.5. The van der Waals surface area contributed by atoms with Crippen molar-refractivity contribution < 1.29 is 13.9 Å². The number of carbonyl (C=O) groups excluding carboxylic acids is 1. The zero-order valence-corrected chi connectivity index (χ0v) is 16.9. The van der Waals surface area contributed by atoms with Gasteiger partial charge < -0.3 is 9.15 Å². The smallest absolute Gasteiger partial charge is 0.312 e. The summed E-state index contributed by atoms with van der Waals surface area (Å²) < 4.78 is 11.1. The summed E-state index contributed by atoms with van der Waals surface area (Å²) in [5.41, 5.74) is 2.66. The Balaban J connectivity index is 1.37. The maximum absolute atomic E-state index is 12.3. The van der Waals surface area contributed by atoms with Crippen LogP contribution in [0.25, 0.3) is 21.3 Å². The Morgan fingerprint density at radius 3 is 2.75 bits per heavy atom. The van der Waals surface area contributed by atoms with E-state index in [-0.39, 0.29) is 18.3 Å². The van der Waals surface area contributed by atoms with Gasteiger partial charge in [0.25, 0.3) is 5.89 Å². The second kappa shape index (κ2) is 8.04. The van der Waals surface area contributed by atoms with Crippen molar-refractivity contribution in [2.75, 3.05) is 0 Å². The van der Waals surface area contributed by atoms with Gasteiger partial charge in [0.1, 0.15) is 5.01 Å². The molecule has 0 aliphatic rings. The summed E-state index contributed by atoms with van der Waals surface area (Å²) in [5, 5.41) is 12.8. The van der Waals surface area contributed by atoms with Gasteiger partial charge in [-0.15, -0.1) is 32.9 Å². The van der Waals surface area contributed by atoms with Crippen molar-refractivity contribution >= 4 is 28.6 Å². The van der Waals surface area contributed by atoms with Crippen LogP contribution in [0.1, 0.15) is 30.2 Å². The van der Waals surface area contributed by atoms with Gasteiger partial charge in [0.05, 0.1) is 17.0 Å². The normalized spacial score (nSPS) is 12.1. The van der Waals surface area contributed by atoms with Crippen LogP contribution in [0.3, 0.4) is 0 Å². The van der Waals surface area contributed by atoms with Crippen molar-refractivity contribution in [3.63, 3.8) is 0 Å². The molecule has 0 saturated carbocycles. The Hall–Kier alpha value is -2.84. The molecule has 4 rings (SSSR count). The van der Waals surface area contributed by atoms with Crippen molar-refractivity contribution in [2.45, 2.75) is 26.4 Å². The molecular weight excluding hydrogens is 394 g/mol. The van der Waals surface area contributed by atoms with E-state index >= 15 is 0 Å². The Morgan fingerprint density at radius 1 is 1.18 bits per heavy atom. The molecule has 3 heterocycles. The maximum Gasteiger partial charge on any atom is 0.312 e. The van der Waals surface area contributed by atoms with Crippen LogP contribution in [0.2, 0.25) is 0 Å². The lowest BCUT2D eigenvalue weighted by Crippen LogP contribution is -2.12. The average Bonchev–Trinajstić information content (AvgIpc) is 3.43. The number of nitrogens with zero attached hydrogens (tertiary/aromatic N) is 3. The molecule has 0 N–H and O–H groups in total. The third-order valence-electron chi connectivity index (χ3n) is 4.00. The van der Waals surface area contributed by atoms with E-state index in [2.05, 4.69) is 15.2 Å². The predicted octanol–water partition coefficient (Wildman–Crippen LogP) is 5.08. The first kappa shape index (κ1) is 18.5. The Labute approximate surface area is 169 Å². The molecule has 142 valence electrons. The summed E-state index contributed by atoms with van der Waals surface area (Å²) in [4.78, 5) is 17.9. The number of aromatic nitrogens is 3. The highest BCUT2D eigenvalue weighted by Crippen LogP contribution is 2.28. The summed E-state index contributed by atoms with van der Waals surface area (Å²) in [6.45, 7) is 3.72. The number of carbonyl (C=O) groups is 1. The highest BCUT2D eigenvalue weighted by Gasteiger charge is 2.20. The fraction of sp³-hybridized carbons (Fsp3) is 0.200. The van der Waals surface area contributed by atoms with E-state index in [4.69, 9.17) is 9.15 Å². The monoisotopic (exact) mass is 411 g/mol. The molecule has 0 bridgehead atoms. The molecule has 0 aliphatic carbocycles. The zero-order valence-electron chi connectivity index (χ0n) is 15.3. The lowest BCUT2D eigenvalue weighted by atomic mass is 10.1. The second-order valence-corrected chi connectivity index (χ2v) is 8.05. The van der Waals surface area contributed by atoms with E-state index in [1.165, 1.54) is 11.3 Å². The van der Waals surface area contributed by atoms with E-state index in [1.54, 1.807) is 18.3 Å². The molecule has 0 spiro atoms. The van der Waals surface area contributed by atoms with E-state index in [0.717, 1.165) is 21.0 Å². The third-order valence-corrected chi connectivity index (χ3v) is 5.93. The van der Waals surface area contributed by atoms with Gasteiger partial charge in [-0.3, -0.25) is 4.79 Å². The molecular formula is C20H17N3O3S2. The number of esters is 1. The number of rotatable bonds is 6. The van der Waals surface area contributed by atoms with Crippen LogP contribution in [0.5, 0.6) is 0 Å². The molecule has 6 nitrogen and oxygen atoms in total. The van der Waals surface area contributed by atoms with Crippen LogP contribution in [0.4, 0.5) is 0 Å². The van der Waals surface area contributed by atoms with Gasteiger partial charge in [0.2, 0.25) is 5.89 Å². The average molecular weight is 412 g/mol. The van der Waals surface area contributed by atoms with Crippen molar-refractivity contribution in [3.8, 4) is 21.3 Å². The molecule has 0 aliphatic heterocycles. The van der Waals surface area contributed by atoms with Gasteiger partial charge >= 0.3 is 5.97 Å². The number of thiophene rings is 1. The van der Waals surface area contributed by atoms with Crippen LogP contribution in [0.15, 0.2) is 51.6 Å². The van der Waals surface area contributed by atoms with Gasteiger partial charge in [-0.05, 0) is 37.4 Å². The molecule has 1 unspecified atom stereocenters. The quantitative estimate of drug-likeness (QED) is 0.412. The number of hydrogen-bond acceptors (Lipinski definition) is 8. The first-order valence-corrected chi connectivity index (χ1v) is 10.4. The molecule has 0 fully saturated rings. The summed E-state index contributed by atoms with van der Waals surface area (Å²) in [6.07, 6.45) is -0.528. The summed E-state index contributed by atoms with van der Waals surface area (Å²) in [5.74, 6) is 0.282. The summed E-state index contributed by atoms with van der Waals surface area (Å²) in [7, 11) is 0. The minimum Gasteiger partial charge on any atom is -0.452 e. The molecule has 4 aromatic rings. The minimum absolute atomic E-state index is 0.102. The fourth-order valence-electron chi connectivity index (χ4n) is 2.55. The minimum atomic E-state index is -0.630. The third kappa shape index (κ3) is 4.18. The van der Waals surface area contributed by atoms with Crippen molar-refractivity contribution in [3.05, 3.63) is 64.3 Å². The Morgan fingerprint density at radius 2 is 2.00 bits per heavy atom. The number of hydrogen-bond donors (Lipinski definition) is 0. The molecule has 3 aromatic heterocycles. The van der Waals surface area contributed by atoms with Crippen LogP contribution in [-0.2, 0) is 16.0 Å². The maximum atomic E-state index is 12.3. The SMILES string of the molecule is Cc1ccc(-c2nnc(C(C)OC(=O)Cc3csc(-c4cccs4)n3)o2)cc1. The summed E-state index contributed by atoms with van der Waals surface area (Å²) in [6, 6.07) is 11.8. The van der Waals surface area contributed by atoms with Gasteiger partial charge in [-0.2, -0.15) is 0 Å². The molecule has 1 atom stereocenters. The van der Waals surface area contributed by atoms with E-state index in [1.807, 2.05) is 54.1 Å². The van der Waals surface area contributed by atoms with E-state index in [9.17, 15) is 4.79 Å². The number of benzene rings is 1. The largest absolute Gasteiger partial charge is 0.452 e. The van der Waals surface area contributed by atoms with E-state index in [0.29, 0.717) is 11.6 Å². The molecule has 1 aromatic carbocycles. The van der Waals surface area contributed by atoms with Crippen LogP contribution < -0.4 is 0 Å². The summed E-state index contributed by atoms with van der Waals surface area (Å²) >= 11 is 3.14. The van der Waals surface area contributed by atoms with Gasteiger partial charge in [0.15, 0.2) is 6.10 Å². The van der Waals surface area contributed by atoms with E-state index < -0.39 is 6.10 Å². The van der Waals surface area contributed by atoms with Gasteiger partial charge in [-0.1, -0.05) is 23.8 Å². The highest BCUT2D eigenvalue weighted by molar-refractivity contribution is 7.20. The number of ether oxygens (including phenoxy) is 1. The van der Waals surface area contributed by atoms with Crippen LogP contribution in [0, 0.1) is 6.92 Å². The first-order valence-electron chi connectivity index (χ1n) is 8.66. The molecule has 8 heteroatoms. The molecule has 0 saturated heterocycles. The van der Waals surface area contributed by atoms with Crippen molar-refractivity contribution in [1.29, 1.82) is 0 Å². The lowest BCUT2D eigenvalue weighted by Gasteiger charge is -2.08. The van der Waals surface area contributed by atoms with Crippen molar-refractivity contribution in [2.24, 2.45) is 0 Å². The first-order chi connectivity index (χ1) is 13.6. The van der Waals surface area contributed by atoms with Gasteiger partial charge in [0, 0.05) is 10.9 Å². The Bertz CT molecular complexity index is 1070. The van der Waals surface area contributed by atoms with Gasteiger partial charge in [-0.25, -0.2) is 4.98 Å². The molecule has 0 amide bonds. The topological polar surface area (TPSA) is 78.1 Å². The van der Waals surface area contributed by atoms with Crippen LogP contribution >= 0.6 is 22.7 Å². The predicted molar refractivity (Wildman–Crippen MR) is 108 cm³/mol. The fourth-order valence-corrected chi connectivity index (χ4v) is 4.18. The molecule has 28 heavy (non-hydrogen) atoms. The lowest BCUT2D eigenvalue weighted by molar-refractivity contribution is -0.148.